The molecule has 1 aromatic rings. The molecule has 1 aromatic heterocycles. The molecule has 0 spiro atoms. The predicted molar refractivity (Wildman–Crippen MR) is 59.3 cm³/mol. The van der Waals surface area contributed by atoms with E-state index >= 15 is 0 Å². The van der Waals surface area contributed by atoms with Crippen LogP contribution >= 0.6 is 0 Å². The van der Waals surface area contributed by atoms with Gasteiger partial charge in [-0.15, -0.1) is 0 Å². The first-order chi connectivity index (χ1) is 7.83. The molecule has 0 aliphatic carbocycles. The van der Waals surface area contributed by atoms with Crippen LogP contribution in [-0.4, -0.2) is 48.2 Å². The average Bonchev–Trinajstić information content (AvgIpc) is 2.39. The minimum Gasteiger partial charge on any atom is -0.467 e. The highest BCUT2D eigenvalue weighted by Gasteiger charge is 2.15. The Kier molecular flexibility index (Phi) is 3.32. The predicted octanol–water partition coefficient (Wildman–Crippen LogP) is -1.42. The molecule has 8 heteroatoms. The van der Waals surface area contributed by atoms with E-state index in [4.69, 9.17) is 10.6 Å². The van der Waals surface area contributed by atoms with E-state index in [1.165, 1.54) is 7.11 Å². The lowest BCUT2D eigenvalue weighted by molar-refractivity contribution is 0.378. The summed E-state index contributed by atoms with van der Waals surface area (Å²) >= 11 is 0. The maximum atomic E-state index is 5.28. The molecule has 2 heterocycles. The average molecular weight is 225 g/mol. The quantitative estimate of drug-likeness (QED) is 0.425. The van der Waals surface area contributed by atoms with E-state index in [9.17, 15) is 0 Å². The maximum absolute atomic E-state index is 5.28. The molecule has 88 valence electrons. The molecule has 1 aliphatic heterocycles. The summed E-state index contributed by atoms with van der Waals surface area (Å²) in [6.45, 7) is 3.55. The first kappa shape index (κ1) is 10.8. The molecule has 0 bridgehead atoms. The Morgan fingerprint density at radius 1 is 1.31 bits per heavy atom. The lowest BCUT2D eigenvalue weighted by Gasteiger charge is -2.27. The number of rotatable bonds is 3. The van der Waals surface area contributed by atoms with Crippen LogP contribution in [0.4, 0.5) is 11.9 Å². The minimum absolute atomic E-state index is 0.261. The SMILES string of the molecule is COc1nc(NN)nc(N2CCNCC2)n1. The molecule has 0 amide bonds. The number of aromatic nitrogens is 3. The van der Waals surface area contributed by atoms with Gasteiger partial charge in [0, 0.05) is 26.2 Å². The molecule has 0 unspecified atom stereocenters. The van der Waals surface area contributed by atoms with Crippen molar-refractivity contribution in [3.8, 4) is 6.01 Å². The molecular weight excluding hydrogens is 210 g/mol. The van der Waals surface area contributed by atoms with Crippen LogP contribution in [0.3, 0.4) is 0 Å². The van der Waals surface area contributed by atoms with Crippen molar-refractivity contribution in [2.75, 3.05) is 43.6 Å². The summed E-state index contributed by atoms with van der Waals surface area (Å²) in [5.74, 6) is 6.17. The van der Waals surface area contributed by atoms with E-state index in [-0.39, 0.29) is 6.01 Å². The molecule has 1 fully saturated rings. The molecule has 1 saturated heterocycles. The van der Waals surface area contributed by atoms with Gasteiger partial charge in [-0.25, -0.2) is 5.84 Å². The van der Waals surface area contributed by atoms with Crippen molar-refractivity contribution in [1.82, 2.24) is 20.3 Å². The third-order valence-corrected chi connectivity index (χ3v) is 2.31. The van der Waals surface area contributed by atoms with Gasteiger partial charge in [-0.2, -0.15) is 15.0 Å². The van der Waals surface area contributed by atoms with Crippen molar-refractivity contribution >= 4 is 11.9 Å². The zero-order chi connectivity index (χ0) is 11.4. The lowest BCUT2D eigenvalue weighted by atomic mass is 10.4. The summed E-state index contributed by atoms with van der Waals surface area (Å²) in [7, 11) is 1.51. The number of anilines is 2. The fraction of sp³-hybridized carbons (Fsp3) is 0.625. The number of methoxy groups -OCH3 is 1. The van der Waals surface area contributed by atoms with Gasteiger partial charge in [0.15, 0.2) is 0 Å². The van der Waals surface area contributed by atoms with E-state index in [1.807, 2.05) is 0 Å². The second-order valence-electron chi connectivity index (χ2n) is 3.33. The Morgan fingerprint density at radius 3 is 2.69 bits per heavy atom. The van der Waals surface area contributed by atoms with Gasteiger partial charge in [0.2, 0.25) is 11.9 Å². The van der Waals surface area contributed by atoms with Crippen molar-refractivity contribution in [2.45, 2.75) is 0 Å². The highest BCUT2D eigenvalue weighted by atomic mass is 16.5. The highest BCUT2D eigenvalue weighted by Crippen LogP contribution is 2.14. The van der Waals surface area contributed by atoms with Crippen LogP contribution in [0, 0.1) is 0 Å². The van der Waals surface area contributed by atoms with Gasteiger partial charge < -0.3 is 15.0 Å². The van der Waals surface area contributed by atoms with Crippen molar-refractivity contribution < 1.29 is 4.74 Å². The second-order valence-corrected chi connectivity index (χ2v) is 3.33. The van der Waals surface area contributed by atoms with Crippen LogP contribution in [-0.2, 0) is 0 Å². The minimum atomic E-state index is 0.261. The fourth-order valence-corrected chi connectivity index (χ4v) is 1.51. The molecule has 8 nitrogen and oxygen atoms in total. The molecule has 0 atom stereocenters. The van der Waals surface area contributed by atoms with E-state index in [0.29, 0.717) is 11.9 Å². The summed E-state index contributed by atoms with van der Waals surface area (Å²) in [5, 5.41) is 3.26. The Bertz CT molecular complexity index is 330. The van der Waals surface area contributed by atoms with Crippen LogP contribution in [0.2, 0.25) is 0 Å². The number of ether oxygens (including phenoxy) is 1. The van der Waals surface area contributed by atoms with E-state index in [0.717, 1.165) is 26.2 Å². The molecular formula is C8H15N7O. The smallest absolute Gasteiger partial charge is 0.322 e. The topological polar surface area (TPSA) is 101 Å². The van der Waals surface area contributed by atoms with Gasteiger partial charge in [0.05, 0.1) is 7.11 Å². The largest absolute Gasteiger partial charge is 0.467 e. The van der Waals surface area contributed by atoms with Gasteiger partial charge >= 0.3 is 6.01 Å². The molecule has 1 aliphatic rings. The summed E-state index contributed by atoms with van der Waals surface area (Å²) in [6, 6.07) is 0.261. The summed E-state index contributed by atoms with van der Waals surface area (Å²) in [5.41, 5.74) is 2.40. The van der Waals surface area contributed by atoms with Gasteiger partial charge in [-0.1, -0.05) is 0 Å². The van der Waals surface area contributed by atoms with E-state index < -0.39 is 0 Å². The van der Waals surface area contributed by atoms with Gasteiger partial charge in [0.1, 0.15) is 0 Å². The van der Waals surface area contributed by atoms with Crippen LogP contribution in [0.15, 0.2) is 0 Å². The number of nitrogens with one attached hydrogen (secondary N) is 2. The van der Waals surface area contributed by atoms with Crippen LogP contribution in [0.25, 0.3) is 0 Å². The number of nitrogen functional groups attached to an aromatic ring is 1. The third-order valence-electron chi connectivity index (χ3n) is 2.31. The Balaban J connectivity index is 2.24. The second kappa shape index (κ2) is 4.90. The maximum Gasteiger partial charge on any atom is 0.322 e. The molecule has 0 radical (unpaired) electrons. The van der Waals surface area contributed by atoms with Crippen molar-refractivity contribution in [2.24, 2.45) is 5.84 Å². The normalized spacial score (nSPS) is 16.0. The number of nitrogens with zero attached hydrogens (tertiary/aromatic N) is 4. The van der Waals surface area contributed by atoms with Crippen molar-refractivity contribution in [3.05, 3.63) is 0 Å². The number of hydrazine groups is 1. The molecule has 4 N–H and O–H groups in total. The fourth-order valence-electron chi connectivity index (χ4n) is 1.51. The first-order valence-corrected chi connectivity index (χ1v) is 5.06. The van der Waals surface area contributed by atoms with Crippen molar-refractivity contribution in [3.63, 3.8) is 0 Å². The monoisotopic (exact) mass is 225 g/mol. The standard InChI is InChI=1S/C8H15N7O/c1-16-8-12-6(14-9)11-7(13-8)15-4-2-10-3-5-15/h10H,2-5,9H2,1H3,(H,11,12,13,14). The molecule has 2 rings (SSSR count). The number of hydrogen-bond acceptors (Lipinski definition) is 8. The van der Waals surface area contributed by atoms with Crippen molar-refractivity contribution in [1.29, 1.82) is 0 Å². The van der Waals surface area contributed by atoms with Crippen LogP contribution < -0.4 is 26.2 Å². The van der Waals surface area contributed by atoms with Crippen LogP contribution in [0.1, 0.15) is 0 Å². The van der Waals surface area contributed by atoms with E-state index in [2.05, 4.69) is 30.6 Å². The number of hydrogen-bond donors (Lipinski definition) is 3. The van der Waals surface area contributed by atoms with Crippen LogP contribution in [0.5, 0.6) is 6.01 Å². The van der Waals surface area contributed by atoms with Gasteiger partial charge in [0.25, 0.3) is 0 Å². The zero-order valence-corrected chi connectivity index (χ0v) is 9.10. The van der Waals surface area contributed by atoms with Gasteiger partial charge in [-0.3, -0.25) is 5.43 Å². The Morgan fingerprint density at radius 2 is 2.06 bits per heavy atom. The summed E-state index contributed by atoms with van der Waals surface area (Å²) in [4.78, 5) is 14.4. The number of piperazine rings is 1. The third kappa shape index (κ3) is 2.28. The van der Waals surface area contributed by atoms with Gasteiger partial charge in [-0.05, 0) is 0 Å². The Hall–Kier alpha value is -1.67. The zero-order valence-electron chi connectivity index (χ0n) is 9.10. The highest BCUT2D eigenvalue weighted by molar-refractivity contribution is 5.38. The summed E-state index contributed by atoms with van der Waals surface area (Å²) in [6.07, 6.45) is 0. The molecule has 16 heavy (non-hydrogen) atoms. The van der Waals surface area contributed by atoms with E-state index in [1.54, 1.807) is 0 Å². The Labute approximate surface area is 93.2 Å². The first-order valence-electron chi connectivity index (χ1n) is 5.06. The summed E-state index contributed by atoms with van der Waals surface area (Å²) < 4.78 is 4.99. The lowest BCUT2D eigenvalue weighted by Crippen LogP contribution is -2.44. The number of nitrogens with two attached hydrogens (primary N) is 1. The molecule has 0 saturated carbocycles. The molecule has 0 aromatic carbocycles.